The lowest BCUT2D eigenvalue weighted by Gasteiger charge is -2.08. The molecule has 1 aromatic rings. The van der Waals surface area contributed by atoms with Crippen molar-refractivity contribution in [1.82, 2.24) is 5.32 Å². The summed E-state index contributed by atoms with van der Waals surface area (Å²) >= 11 is 0. The summed E-state index contributed by atoms with van der Waals surface area (Å²) in [5, 5.41) is 3.42. The van der Waals surface area contributed by atoms with E-state index in [9.17, 15) is 0 Å². The molecule has 0 aliphatic rings. The topological polar surface area (TPSA) is 30.5 Å². The minimum atomic E-state index is 0.613. The van der Waals surface area contributed by atoms with Gasteiger partial charge in [-0.05, 0) is 37.6 Å². The van der Waals surface area contributed by atoms with Gasteiger partial charge < -0.3 is 14.8 Å². The maximum Gasteiger partial charge on any atom is 0.119 e. The number of ether oxygens (including phenoxy) is 2. The molecule has 0 bridgehead atoms. The second kappa shape index (κ2) is 9.92. The molecule has 1 N–H and O–H groups in total. The van der Waals surface area contributed by atoms with E-state index >= 15 is 0 Å². The van der Waals surface area contributed by atoms with Crippen molar-refractivity contribution in [2.75, 3.05) is 26.4 Å². The molecular formula is C15H25NO2. The zero-order valence-corrected chi connectivity index (χ0v) is 11.6. The molecule has 0 spiro atoms. The van der Waals surface area contributed by atoms with Gasteiger partial charge in [-0.1, -0.05) is 25.5 Å². The molecule has 102 valence electrons. The fraction of sp³-hybridized carbons (Fsp3) is 0.600. The maximum atomic E-state index is 5.56. The summed E-state index contributed by atoms with van der Waals surface area (Å²) in [5.41, 5.74) is 1.29. The van der Waals surface area contributed by atoms with E-state index in [1.54, 1.807) is 0 Å². The molecule has 3 nitrogen and oxygen atoms in total. The summed E-state index contributed by atoms with van der Waals surface area (Å²) in [6, 6.07) is 8.25. The summed E-state index contributed by atoms with van der Waals surface area (Å²) < 4.78 is 10.8. The Morgan fingerprint density at radius 2 is 1.83 bits per heavy atom. The zero-order chi connectivity index (χ0) is 13.1. The largest absolute Gasteiger partial charge is 0.491 e. The van der Waals surface area contributed by atoms with Crippen molar-refractivity contribution in [3.63, 3.8) is 0 Å². The first-order chi connectivity index (χ1) is 8.86. The predicted molar refractivity (Wildman–Crippen MR) is 75.0 cm³/mol. The standard InChI is InChI=1S/C15H25NO2/c1-3-5-10-16-13-14-6-8-15(9-7-14)18-12-11-17-4-2/h6-9,16H,3-5,10-13H2,1-2H3. The highest BCUT2D eigenvalue weighted by Crippen LogP contribution is 2.11. The minimum absolute atomic E-state index is 0.613. The Labute approximate surface area is 110 Å². The fourth-order valence-electron chi connectivity index (χ4n) is 1.60. The van der Waals surface area contributed by atoms with E-state index in [0.29, 0.717) is 13.2 Å². The first-order valence-corrected chi connectivity index (χ1v) is 6.87. The van der Waals surface area contributed by atoms with Crippen LogP contribution in [0.3, 0.4) is 0 Å². The minimum Gasteiger partial charge on any atom is -0.491 e. The van der Waals surface area contributed by atoms with Gasteiger partial charge in [0, 0.05) is 13.2 Å². The van der Waals surface area contributed by atoms with E-state index in [4.69, 9.17) is 9.47 Å². The van der Waals surface area contributed by atoms with Crippen molar-refractivity contribution in [2.45, 2.75) is 33.2 Å². The molecule has 0 aliphatic carbocycles. The second-order valence-electron chi connectivity index (χ2n) is 4.22. The van der Waals surface area contributed by atoms with Crippen molar-refractivity contribution in [3.05, 3.63) is 29.8 Å². The van der Waals surface area contributed by atoms with Crippen molar-refractivity contribution in [1.29, 1.82) is 0 Å². The van der Waals surface area contributed by atoms with Crippen LogP contribution in [0.5, 0.6) is 5.75 Å². The highest BCUT2D eigenvalue weighted by atomic mass is 16.5. The lowest BCUT2D eigenvalue weighted by Crippen LogP contribution is -2.14. The van der Waals surface area contributed by atoms with Gasteiger partial charge in [0.05, 0.1) is 6.61 Å². The smallest absolute Gasteiger partial charge is 0.119 e. The molecule has 0 radical (unpaired) electrons. The lowest BCUT2D eigenvalue weighted by molar-refractivity contribution is 0.110. The molecule has 1 aromatic carbocycles. The Kier molecular flexibility index (Phi) is 8.26. The highest BCUT2D eigenvalue weighted by molar-refractivity contribution is 5.27. The summed E-state index contributed by atoms with van der Waals surface area (Å²) in [6.45, 7) is 8.21. The van der Waals surface area contributed by atoms with Crippen LogP contribution in [0, 0.1) is 0 Å². The Bertz CT molecular complexity index is 267. The van der Waals surface area contributed by atoms with Crippen LogP contribution in [0.4, 0.5) is 0 Å². The van der Waals surface area contributed by atoms with Crippen LogP contribution >= 0.6 is 0 Å². The van der Waals surface area contributed by atoms with Gasteiger partial charge in [0.2, 0.25) is 0 Å². The van der Waals surface area contributed by atoms with Crippen LogP contribution in [0.2, 0.25) is 0 Å². The van der Waals surface area contributed by atoms with E-state index in [2.05, 4.69) is 24.4 Å². The molecule has 0 saturated heterocycles. The Hall–Kier alpha value is -1.06. The summed E-state index contributed by atoms with van der Waals surface area (Å²) in [4.78, 5) is 0. The maximum absolute atomic E-state index is 5.56. The van der Waals surface area contributed by atoms with Gasteiger partial charge in [0.25, 0.3) is 0 Å². The first kappa shape index (κ1) is 15.0. The Balaban J connectivity index is 2.20. The van der Waals surface area contributed by atoms with Crippen LogP contribution in [-0.4, -0.2) is 26.4 Å². The molecule has 0 aliphatic heterocycles. The molecule has 18 heavy (non-hydrogen) atoms. The molecule has 0 saturated carbocycles. The van der Waals surface area contributed by atoms with E-state index in [0.717, 1.165) is 25.4 Å². The molecule has 0 amide bonds. The molecule has 0 fully saturated rings. The van der Waals surface area contributed by atoms with Crippen molar-refractivity contribution in [2.24, 2.45) is 0 Å². The predicted octanol–water partition coefficient (Wildman–Crippen LogP) is 2.99. The Morgan fingerprint density at radius 3 is 2.50 bits per heavy atom. The Morgan fingerprint density at radius 1 is 1.06 bits per heavy atom. The van der Waals surface area contributed by atoms with Crippen molar-refractivity contribution >= 4 is 0 Å². The van der Waals surface area contributed by atoms with Gasteiger partial charge in [-0.25, -0.2) is 0 Å². The zero-order valence-electron chi connectivity index (χ0n) is 11.6. The molecule has 1 rings (SSSR count). The van der Waals surface area contributed by atoms with E-state index in [1.807, 2.05) is 19.1 Å². The third-order valence-corrected chi connectivity index (χ3v) is 2.66. The van der Waals surface area contributed by atoms with Gasteiger partial charge in [-0.15, -0.1) is 0 Å². The number of benzene rings is 1. The molecule has 0 atom stereocenters. The quantitative estimate of drug-likeness (QED) is 0.648. The van der Waals surface area contributed by atoms with E-state index in [-0.39, 0.29) is 0 Å². The summed E-state index contributed by atoms with van der Waals surface area (Å²) in [5.74, 6) is 0.909. The molecule has 0 unspecified atom stereocenters. The van der Waals surface area contributed by atoms with E-state index < -0.39 is 0 Å². The number of nitrogens with one attached hydrogen (secondary N) is 1. The number of unbranched alkanes of at least 4 members (excludes halogenated alkanes) is 1. The average molecular weight is 251 g/mol. The SMILES string of the molecule is CCCCNCc1ccc(OCCOCC)cc1. The summed E-state index contributed by atoms with van der Waals surface area (Å²) in [7, 11) is 0. The number of hydrogen-bond acceptors (Lipinski definition) is 3. The normalized spacial score (nSPS) is 10.6. The lowest BCUT2D eigenvalue weighted by atomic mass is 10.2. The third-order valence-electron chi connectivity index (χ3n) is 2.66. The van der Waals surface area contributed by atoms with Gasteiger partial charge >= 0.3 is 0 Å². The molecule has 0 aromatic heterocycles. The number of rotatable bonds is 10. The number of hydrogen-bond donors (Lipinski definition) is 1. The van der Waals surface area contributed by atoms with Crippen LogP contribution in [0.25, 0.3) is 0 Å². The van der Waals surface area contributed by atoms with Crippen LogP contribution in [0.1, 0.15) is 32.3 Å². The van der Waals surface area contributed by atoms with Crippen LogP contribution in [0.15, 0.2) is 24.3 Å². The molecule has 3 heteroatoms. The van der Waals surface area contributed by atoms with Crippen molar-refractivity contribution in [3.8, 4) is 5.75 Å². The van der Waals surface area contributed by atoms with Gasteiger partial charge in [-0.2, -0.15) is 0 Å². The summed E-state index contributed by atoms with van der Waals surface area (Å²) in [6.07, 6.45) is 2.47. The monoisotopic (exact) mass is 251 g/mol. The van der Waals surface area contributed by atoms with Gasteiger partial charge in [0.15, 0.2) is 0 Å². The average Bonchev–Trinajstić information content (AvgIpc) is 2.41. The second-order valence-corrected chi connectivity index (χ2v) is 4.22. The van der Waals surface area contributed by atoms with Crippen LogP contribution < -0.4 is 10.1 Å². The fourth-order valence-corrected chi connectivity index (χ4v) is 1.60. The van der Waals surface area contributed by atoms with Crippen LogP contribution in [-0.2, 0) is 11.3 Å². The molecular weight excluding hydrogens is 226 g/mol. The van der Waals surface area contributed by atoms with Crippen molar-refractivity contribution < 1.29 is 9.47 Å². The van der Waals surface area contributed by atoms with Gasteiger partial charge in [0.1, 0.15) is 12.4 Å². The third kappa shape index (κ3) is 6.62. The van der Waals surface area contributed by atoms with E-state index in [1.165, 1.54) is 18.4 Å². The highest BCUT2D eigenvalue weighted by Gasteiger charge is 1.95. The molecule has 0 heterocycles. The first-order valence-electron chi connectivity index (χ1n) is 6.87. The van der Waals surface area contributed by atoms with Gasteiger partial charge in [-0.3, -0.25) is 0 Å².